The third kappa shape index (κ3) is 4.20. The summed E-state index contributed by atoms with van der Waals surface area (Å²) in [5.41, 5.74) is 4.75. The Hall–Kier alpha value is -3.43. The Morgan fingerprint density at radius 3 is 2.48 bits per heavy atom. The molecule has 0 unspecified atom stereocenters. The molecule has 3 aromatic rings. The van der Waals surface area contributed by atoms with Crippen LogP contribution in [0.5, 0.6) is 0 Å². The second kappa shape index (κ2) is 8.29. The lowest BCUT2D eigenvalue weighted by Gasteiger charge is -2.23. The van der Waals surface area contributed by atoms with E-state index in [1.54, 1.807) is 16.8 Å². The van der Waals surface area contributed by atoms with E-state index in [9.17, 15) is 4.79 Å². The van der Waals surface area contributed by atoms with E-state index in [1.807, 2.05) is 49.4 Å². The molecule has 2 aromatic carbocycles. The number of benzene rings is 2. The van der Waals surface area contributed by atoms with Gasteiger partial charge in [0.15, 0.2) is 5.69 Å². The first-order chi connectivity index (χ1) is 14.1. The standard InChI is InChI=1S/C23H23N5O/c1-16-2-8-20(9-3-16)28-22(18-6-4-17(15-24)5-7-18)14-21(27-28)23(29)26-19-10-12-25-13-11-19/h2-9,14,19,25H,10-13H2,1H3,(H,26,29). The van der Waals surface area contributed by atoms with Crippen LogP contribution in [0.3, 0.4) is 0 Å². The SMILES string of the molecule is Cc1ccc(-n2nc(C(=O)NC3CCNCC3)cc2-c2ccc(C#N)cc2)cc1. The lowest BCUT2D eigenvalue weighted by atomic mass is 10.1. The Balaban J connectivity index is 1.70. The largest absolute Gasteiger partial charge is 0.348 e. The van der Waals surface area contributed by atoms with Crippen molar-refractivity contribution in [1.82, 2.24) is 20.4 Å². The summed E-state index contributed by atoms with van der Waals surface area (Å²) in [4.78, 5) is 12.8. The highest BCUT2D eigenvalue weighted by atomic mass is 16.2. The molecule has 0 aliphatic carbocycles. The van der Waals surface area contributed by atoms with Gasteiger partial charge in [-0.1, -0.05) is 29.8 Å². The summed E-state index contributed by atoms with van der Waals surface area (Å²) in [5.74, 6) is -0.155. The molecule has 6 heteroatoms. The normalized spacial score (nSPS) is 14.3. The molecule has 6 nitrogen and oxygen atoms in total. The van der Waals surface area contributed by atoms with Crippen molar-refractivity contribution in [1.29, 1.82) is 5.26 Å². The number of nitriles is 1. The smallest absolute Gasteiger partial charge is 0.272 e. The Morgan fingerprint density at radius 2 is 1.83 bits per heavy atom. The molecule has 0 atom stereocenters. The van der Waals surface area contributed by atoms with Gasteiger partial charge in [0.1, 0.15) is 0 Å². The molecule has 2 N–H and O–H groups in total. The molecule has 0 spiro atoms. The maximum absolute atomic E-state index is 12.8. The number of nitrogens with one attached hydrogen (secondary N) is 2. The van der Waals surface area contributed by atoms with Crippen molar-refractivity contribution in [2.75, 3.05) is 13.1 Å². The zero-order valence-corrected chi connectivity index (χ0v) is 16.4. The summed E-state index contributed by atoms with van der Waals surface area (Å²) < 4.78 is 1.79. The van der Waals surface area contributed by atoms with E-state index >= 15 is 0 Å². The van der Waals surface area contributed by atoms with E-state index in [2.05, 4.69) is 21.8 Å². The van der Waals surface area contributed by atoms with Gasteiger partial charge in [-0.05, 0) is 63.2 Å². The maximum atomic E-state index is 12.8. The molecule has 0 bridgehead atoms. The molecule has 1 amide bonds. The second-order valence-corrected chi connectivity index (χ2v) is 7.35. The second-order valence-electron chi connectivity index (χ2n) is 7.35. The first-order valence-electron chi connectivity index (χ1n) is 9.83. The number of amides is 1. The van der Waals surface area contributed by atoms with Gasteiger partial charge in [0.2, 0.25) is 0 Å². The Kier molecular flexibility index (Phi) is 5.41. The number of nitrogens with zero attached hydrogens (tertiary/aromatic N) is 3. The number of rotatable bonds is 4. The van der Waals surface area contributed by atoms with Crippen LogP contribution in [-0.4, -0.2) is 34.8 Å². The van der Waals surface area contributed by atoms with Gasteiger partial charge in [-0.2, -0.15) is 10.4 Å². The highest BCUT2D eigenvalue weighted by molar-refractivity contribution is 5.93. The molecule has 1 saturated heterocycles. The molecule has 1 aromatic heterocycles. The number of hydrogen-bond donors (Lipinski definition) is 2. The Labute approximate surface area is 170 Å². The van der Waals surface area contributed by atoms with Crippen molar-refractivity contribution >= 4 is 5.91 Å². The fourth-order valence-corrected chi connectivity index (χ4v) is 3.52. The van der Waals surface area contributed by atoms with E-state index in [0.717, 1.165) is 48.4 Å². The van der Waals surface area contributed by atoms with Crippen molar-refractivity contribution in [3.8, 4) is 23.0 Å². The van der Waals surface area contributed by atoms with Crippen molar-refractivity contribution in [3.63, 3.8) is 0 Å². The zero-order valence-electron chi connectivity index (χ0n) is 16.4. The topological polar surface area (TPSA) is 82.7 Å². The predicted octanol–water partition coefficient (Wildman–Crippen LogP) is 3.20. The maximum Gasteiger partial charge on any atom is 0.272 e. The van der Waals surface area contributed by atoms with Gasteiger partial charge in [-0.15, -0.1) is 0 Å². The molecule has 1 aliphatic heterocycles. The van der Waals surface area contributed by atoms with Crippen LogP contribution in [-0.2, 0) is 0 Å². The molecular weight excluding hydrogens is 362 g/mol. The van der Waals surface area contributed by atoms with Crippen LogP contribution in [0.15, 0.2) is 54.6 Å². The minimum Gasteiger partial charge on any atom is -0.348 e. The van der Waals surface area contributed by atoms with Gasteiger partial charge < -0.3 is 10.6 Å². The number of aryl methyl sites for hydroxylation is 1. The minimum absolute atomic E-state index is 0.155. The first-order valence-corrected chi connectivity index (χ1v) is 9.83. The van der Waals surface area contributed by atoms with Gasteiger partial charge in [0.05, 0.1) is 23.0 Å². The summed E-state index contributed by atoms with van der Waals surface area (Å²) in [6.07, 6.45) is 1.85. The first kappa shape index (κ1) is 18.9. The molecule has 0 saturated carbocycles. The average Bonchev–Trinajstić information content (AvgIpc) is 3.21. The van der Waals surface area contributed by atoms with Gasteiger partial charge in [-0.3, -0.25) is 4.79 Å². The Bertz CT molecular complexity index is 1040. The summed E-state index contributed by atoms with van der Waals surface area (Å²) >= 11 is 0. The van der Waals surface area contributed by atoms with Crippen molar-refractivity contribution in [2.45, 2.75) is 25.8 Å². The molecule has 146 valence electrons. The van der Waals surface area contributed by atoms with Gasteiger partial charge in [0, 0.05) is 11.6 Å². The van der Waals surface area contributed by atoms with E-state index in [-0.39, 0.29) is 11.9 Å². The number of carbonyl (C=O) groups excluding carboxylic acids is 1. The summed E-state index contributed by atoms with van der Waals surface area (Å²) in [7, 11) is 0. The third-order valence-electron chi connectivity index (χ3n) is 5.20. The monoisotopic (exact) mass is 385 g/mol. The predicted molar refractivity (Wildman–Crippen MR) is 112 cm³/mol. The third-order valence-corrected chi connectivity index (χ3v) is 5.20. The number of hydrogen-bond acceptors (Lipinski definition) is 4. The summed E-state index contributed by atoms with van der Waals surface area (Å²) in [6.45, 7) is 3.87. The van der Waals surface area contributed by atoms with E-state index in [4.69, 9.17) is 5.26 Å². The van der Waals surface area contributed by atoms with E-state index < -0.39 is 0 Å². The number of piperidine rings is 1. The zero-order chi connectivity index (χ0) is 20.2. The molecule has 1 aliphatic rings. The van der Waals surface area contributed by atoms with Crippen molar-refractivity contribution in [3.05, 3.63) is 71.4 Å². The van der Waals surface area contributed by atoms with E-state index in [0.29, 0.717) is 11.3 Å². The average molecular weight is 385 g/mol. The fourth-order valence-electron chi connectivity index (χ4n) is 3.52. The molecule has 4 rings (SSSR count). The van der Waals surface area contributed by atoms with Crippen LogP contribution >= 0.6 is 0 Å². The van der Waals surface area contributed by atoms with Gasteiger partial charge >= 0.3 is 0 Å². The number of carbonyl (C=O) groups is 1. The van der Waals surface area contributed by atoms with Crippen molar-refractivity contribution < 1.29 is 4.79 Å². The summed E-state index contributed by atoms with van der Waals surface area (Å²) in [5, 5.41) is 20.1. The van der Waals surface area contributed by atoms with Crippen LogP contribution in [0.1, 0.15) is 34.5 Å². The lowest BCUT2D eigenvalue weighted by Crippen LogP contribution is -2.42. The van der Waals surface area contributed by atoms with Crippen LogP contribution in [0, 0.1) is 18.3 Å². The highest BCUT2D eigenvalue weighted by Crippen LogP contribution is 2.25. The van der Waals surface area contributed by atoms with E-state index in [1.165, 1.54) is 0 Å². The fraction of sp³-hybridized carbons (Fsp3) is 0.261. The summed E-state index contributed by atoms with van der Waals surface area (Å²) in [6, 6.07) is 19.5. The molecule has 0 radical (unpaired) electrons. The quantitative estimate of drug-likeness (QED) is 0.722. The molecule has 29 heavy (non-hydrogen) atoms. The Morgan fingerprint density at radius 1 is 1.14 bits per heavy atom. The van der Waals surface area contributed by atoms with Gasteiger partial charge in [0.25, 0.3) is 5.91 Å². The lowest BCUT2D eigenvalue weighted by molar-refractivity contribution is 0.0924. The van der Waals surface area contributed by atoms with Crippen molar-refractivity contribution in [2.24, 2.45) is 0 Å². The van der Waals surface area contributed by atoms with Gasteiger partial charge in [-0.25, -0.2) is 4.68 Å². The van der Waals surface area contributed by atoms with Crippen LogP contribution in [0.2, 0.25) is 0 Å². The highest BCUT2D eigenvalue weighted by Gasteiger charge is 2.20. The van der Waals surface area contributed by atoms with Crippen LogP contribution < -0.4 is 10.6 Å². The minimum atomic E-state index is -0.155. The molecular formula is C23H23N5O. The molecule has 1 fully saturated rings. The van der Waals surface area contributed by atoms with Crippen LogP contribution in [0.4, 0.5) is 0 Å². The van der Waals surface area contributed by atoms with Crippen LogP contribution in [0.25, 0.3) is 16.9 Å². The molecule has 2 heterocycles. The number of aromatic nitrogens is 2.